The van der Waals surface area contributed by atoms with Crippen LogP contribution in [0.1, 0.15) is 25.8 Å². The largest absolute Gasteiger partial charge is 0.352 e. The first-order valence-electron chi connectivity index (χ1n) is 8.44. The van der Waals surface area contributed by atoms with E-state index in [1.807, 2.05) is 32.0 Å². The minimum Gasteiger partial charge on any atom is -0.352 e. The van der Waals surface area contributed by atoms with E-state index in [1.54, 1.807) is 12.1 Å². The summed E-state index contributed by atoms with van der Waals surface area (Å²) in [6.45, 7) is 3.75. The molecule has 0 aliphatic heterocycles. The van der Waals surface area contributed by atoms with Crippen LogP contribution in [-0.2, 0) is 21.2 Å². The first kappa shape index (κ1) is 20.1. The number of halogens is 1. The monoisotopic (exact) mass is 378 g/mol. The van der Waals surface area contributed by atoms with Gasteiger partial charge < -0.3 is 5.32 Å². The van der Waals surface area contributed by atoms with E-state index in [2.05, 4.69) is 10.0 Å². The van der Waals surface area contributed by atoms with Crippen molar-refractivity contribution in [3.8, 4) is 0 Å². The molecular formula is C19H23FN2O3S. The molecule has 0 radical (unpaired) electrons. The van der Waals surface area contributed by atoms with Gasteiger partial charge in [-0.15, -0.1) is 0 Å². The van der Waals surface area contributed by atoms with Crippen molar-refractivity contribution in [3.63, 3.8) is 0 Å². The second-order valence-electron chi connectivity index (χ2n) is 6.11. The predicted octanol–water partition coefficient (Wildman–Crippen LogP) is 2.63. The van der Waals surface area contributed by atoms with Crippen molar-refractivity contribution < 1.29 is 17.6 Å². The van der Waals surface area contributed by atoms with E-state index in [-0.39, 0.29) is 12.5 Å². The Labute approximate surface area is 153 Å². The summed E-state index contributed by atoms with van der Waals surface area (Å²) in [5.41, 5.74) is 0.799. The first-order valence-corrected chi connectivity index (χ1v) is 9.93. The lowest BCUT2D eigenvalue weighted by atomic mass is 10.1. The van der Waals surface area contributed by atoms with Crippen LogP contribution in [0.4, 0.5) is 4.39 Å². The van der Waals surface area contributed by atoms with Crippen LogP contribution in [0.2, 0.25) is 0 Å². The minimum absolute atomic E-state index is 0.0984. The Hall–Kier alpha value is -2.25. The average molecular weight is 378 g/mol. The highest BCUT2D eigenvalue weighted by atomic mass is 32.2. The molecule has 2 atom stereocenters. The number of carbonyl (C=O) groups excluding carboxylic acids is 1. The summed E-state index contributed by atoms with van der Waals surface area (Å²) in [6, 6.07) is 13.0. The zero-order valence-corrected chi connectivity index (χ0v) is 15.6. The van der Waals surface area contributed by atoms with Crippen molar-refractivity contribution in [3.05, 3.63) is 66.0 Å². The molecule has 0 aliphatic rings. The van der Waals surface area contributed by atoms with Gasteiger partial charge >= 0.3 is 0 Å². The lowest BCUT2D eigenvalue weighted by Crippen LogP contribution is -2.50. The van der Waals surface area contributed by atoms with Gasteiger partial charge in [-0.05, 0) is 37.5 Å². The molecule has 0 saturated carbocycles. The summed E-state index contributed by atoms with van der Waals surface area (Å²) < 4.78 is 41.4. The summed E-state index contributed by atoms with van der Waals surface area (Å²) in [6.07, 6.45) is 0.876. The predicted molar refractivity (Wildman–Crippen MR) is 98.6 cm³/mol. The summed E-state index contributed by atoms with van der Waals surface area (Å²) in [5, 5.41) is 2.78. The van der Waals surface area contributed by atoms with Crippen LogP contribution in [0.25, 0.3) is 0 Å². The zero-order chi connectivity index (χ0) is 19.2. The number of amides is 1. The van der Waals surface area contributed by atoms with Gasteiger partial charge in [0.15, 0.2) is 0 Å². The van der Waals surface area contributed by atoms with Gasteiger partial charge in [0.05, 0.1) is 0 Å². The Morgan fingerprint density at radius 3 is 2.31 bits per heavy atom. The first-order chi connectivity index (χ1) is 12.3. The van der Waals surface area contributed by atoms with Gasteiger partial charge in [-0.3, -0.25) is 4.79 Å². The molecule has 2 rings (SSSR count). The molecule has 0 heterocycles. The quantitative estimate of drug-likeness (QED) is 0.741. The molecule has 140 valence electrons. The average Bonchev–Trinajstić information content (AvgIpc) is 2.62. The lowest BCUT2D eigenvalue weighted by Gasteiger charge is -2.21. The van der Waals surface area contributed by atoms with Crippen LogP contribution >= 0.6 is 0 Å². The van der Waals surface area contributed by atoms with Crippen molar-refractivity contribution in [1.29, 1.82) is 0 Å². The maximum atomic E-state index is 13.9. The molecule has 2 N–H and O–H groups in total. The van der Waals surface area contributed by atoms with E-state index >= 15 is 0 Å². The van der Waals surface area contributed by atoms with Crippen LogP contribution in [0, 0.1) is 5.82 Å². The number of benzene rings is 2. The van der Waals surface area contributed by atoms with Gasteiger partial charge in [0.1, 0.15) is 16.8 Å². The third-order valence-electron chi connectivity index (χ3n) is 4.02. The molecule has 26 heavy (non-hydrogen) atoms. The highest BCUT2D eigenvalue weighted by molar-refractivity contribution is 7.89. The smallest absolute Gasteiger partial charge is 0.244 e. The number of carbonyl (C=O) groups is 1. The molecule has 0 unspecified atom stereocenters. The van der Waals surface area contributed by atoms with Gasteiger partial charge in [0, 0.05) is 6.04 Å². The Morgan fingerprint density at radius 1 is 1.08 bits per heavy atom. The van der Waals surface area contributed by atoms with Crippen LogP contribution in [-0.4, -0.2) is 26.4 Å². The number of rotatable bonds is 8. The van der Waals surface area contributed by atoms with E-state index in [9.17, 15) is 17.6 Å². The Bertz CT molecular complexity index is 841. The molecule has 0 fully saturated rings. The Kier molecular flexibility index (Phi) is 6.88. The fourth-order valence-corrected chi connectivity index (χ4v) is 3.67. The molecule has 2 aromatic carbocycles. The number of hydrogen-bond donors (Lipinski definition) is 2. The maximum Gasteiger partial charge on any atom is 0.244 e. The van der Waals surface area contributed by atoms with Crippen molar-refractivity contribution >= 4 is 15.9 Å². The minimum atomic E-state index is -4.18. The van der Waals surface area contributed by atoms with Crippen LogP contribution in [0.5, 0.6) is 0 Å². The standard InChI is InChI=1S/C19H23FN2O3S/c1-3-14(2)21-19(23)17(13-15-9-5-4-6-10-15)22-26(24,25)18-12-8-7-11-16(18)20/h4-12,14,17,22H,3,13H2,1-2H3,(H,21,23)/t14-,17-/m1/s1. The second-order valence-corrected chi connectivity index (χ2v) is 7.79. The highest BCUT2D eigenvalue weighted by Gasteiger charge is 2.28. The molecule has 0 bridgehead atoms. The Balaban J connectivity index is 2.28. The molecule has 2 aromatic rings. The Morgan fingerprint density at radius 2 is 1.69 bits per heavy atom. The molecule has 5 nitrogen and oxygen atoms in total. The van der Waals surface area contributed by atoms with E-state index in [4.69, 9.17) is 0 Å². The second kappa shape index (κ2) is 8.91. The van der Waals surface area contributed by atoms with Crippen molar-refractivity contribution in [2.75, 3.05) is 0 Å². The van der Waals surface area contributed by atoms with Gasteiger partial charge in [0.2, 0.25) is 15.9 Å². The lowest BCUT2D eigenvalue weighted by molar-refractivity contribution is -0.123. The topological polar surface area (TPSA) is 75.3 Å². The SMILES string of the molecule is CC[C@@H](C)NC(=O)[C@@H](Cc1ccccc1)NS(=O)(=O)c1ccccc1F. The van der Waals surface area contributed by atoms with Crippen molar-refractivity contribution in [2.45, 2.75) is 43.7 Å². The molecule has 0 aromatic heterocycles. The van der Waals surface area contributed by atoms with E-state index < -0.39 is 32.7 Å². The van der Waals surface area contributed by atoms with Gasteiger partial charge in [-0.25, -0.2) is 12.8 Å². The summed E-state index contributed by atoms with van der Waals surface area (Å²) in [4.78, 5) is 12.1. The number of hydrogen-bond acceptors (Lipinski definition) is 3. The van der Waals surface area contributed by atoms with Crippen molar-refractivity contribution in [1.82, 2.24) is 10.0 Å². The molecular weight excluding hydrogens is 355 g/mol. The van der Waals surface area contributed by atoms with E-state index in [0.29, 0.717) is 6.42 Å². The maximum absolute atomic E-state index is 13.9. The molecule has 0 spiro atoms. The normalized spacial score (nSPS) is 13.8. The fraction of sp³-hybridized carbons (Fsp3) is 0.316. The third kappa shape index (κ3) is 5.37. The number of nitrogens with one attached hydrogen (secondary N) is 2. The summed E-state index contributed by atoms with van der Waals surface area (Å²) in [5.74, 6) is -1.30. The van der Waals surface area contributed by atoms with Crippen molar-refractivity contribution in [2.24, 2.45) is 0 Å². The fourth-order valence-electron chi connectivity index (χ4n) is 2.40. The van der Waals surface area contributed by atoms with Gasteiger partial charge in [0.25, 0.3) is 0 Å². The number of sulfonamides is 1. The highest BCUT2D eigenvalue weighted by Crippen LogP contribution is 2.15. The molecule has 1 amide bonds. The van der Waals surface area contributed by atoms with Crippen LogP contribution in [0.15, 0.2) is 59.5 Å². The van der Waals surface area contributed by atoms with E-state index in [1.165, 1.54) is 18.2 Å². The molecule has 0 saturated heterocycles. The zero-order valence-electron chi connectivity index (χ0n) is 14.8. The van der Waals surface area contributed by atoms with E-state index in [0.717, 1.165) is 11.6 Å². The van der Waals surface area contributed by atoms with Gasteiger partial charge in [-0.2, -0.15) is 4.72 Å². The third-order valence-corrected chi connectivity index (χ3v) is 5.53. The van der Waals surface area contributed by atoms with Crippen LogP contribution in [0.3, 0.4) is 0 Å². The summed E-state index contributed by atoms with van der Waals surface area (Å²) >= 11 is 0. The molecule has 0 aliphatic carbocycles. The molecule has 7 heteroatoms. The van der Waals surface area contributed by atoms with Crippen LogP contribution < -0.4 is 10.0 Å². The summed E-state index contributed by atoms with van der Waals surface area (Å²) in [7, 11) is -4.18. The van der Waals surface area contributed by atoms with Gasteiger partial charge in [-0.1, -0.05) is 49.4 Å².